The van der Waals surface area contributed by atoms with Gasteiger partial charge in [0.05, 0.1) is 13.7 Å². The lowest BCUT2D eigenvalue weighted by molar-refractivity contribution is -0.159. The summed E-state index contributed by atoms with van der Waals surface area (Å²) in [6, 6.07) is 22.5. The second kappa shape index (κ2) is 9.32. The van der Waals surface area contributed by atoms with E-state index in [1.807, 2.05) is 73.7 Å². The molecule has 0 bridgehead atoms. The number of benzene rings is 3. The van der Waals surface area contributed by atoms with E-state index in [2.05, 4.69) is 11.1 Å². The van der Waals surface area contributed by atoms with Crippen molar-refractivity contribution in [3.8, 4) is 11.5 Å². The maximum Gasteiger partial charge on any atom is 0.246 e. The van der Waals surface area contributed by atoms with Gasteiger partial charge in [-0.3, -0.25) is 9.59 Å². The molecule has 0 saturated carbocycles. The molecule has 0 unspecified atom stereocenters. The molecule has 1 fully saturated rings. The zero-order valence-electron chi connectivity index (χ0n) is 20.9. The van der Waals surface area contributed by atoms with E-state index in [0.29, 0.717) is 19.6 Å². The van der Waals surface area contributed by atoms with Crippen LogP contribution in [0.25, 0.3) is 10.9 Å². The van der Waals surface area contributed by atoms with Gasteiger partial charge in [0.2, 0.25) is 11.8 Å². The van der Waals surface area contributed by atoms with Gasteiger partial charge in [0.1, 0.15) is 30.1 Å². The third-order valence-corrected chi connectivity index (χ3v) is 7.39. The standard InChI is InChI=1S/C30H29N3O4/c1-3-37-26-11-7-5-9-22(26)29-28-23(21-8-4-6-10-24(21)31-28)16-25-30(35)32(18-27(34)33(25)29)17-19-12-14-20(36-2)15-13-19/h4-15,25,29,31H,3,16-18H2,1-2H3/t25-,29-/m0/s1. The molecule has 6 rings (SSSR count). The topological polar surface area (TPSA) is 74.9 Å². The van der Waals surface area contributed by atoms with Crippen LogP contribution in [0, 0.1) is 0 Å². The summed E-state index contributed by atoms with van der Waals surface area (Å²) in [6.45, 7) is 2.86. The highest BCUT2D eigenvalue weighted by molar-refractivity contribution is 5.97. The molecule has 2 atom stereocenters. The highest BCUT2D eigenvalue weighted by atomic mass is 16.5. The maximum atomic E-state index is 14.0. The number of hydrogen-bond acceptors (Lipinski definition) is 4. The number of hydrogen-bond donors (Lipinski definition) is 1. The Kier molecular flexibility index (Phi) is 5.83. The average Bonchev–Trinajstić information content (AvgIpc) is 3.30. The third-order valence-electron chi connectivity index (χ3n) is 7.39. The number of piperazine rings is 1. The monoisotopic (exact) mass is 495 g/mol. The van der Waals surface area contributed by atoms with Crippen LogP contribution in [-0.4, -0.2) is 52.9 Å². The van der Waals surface area contributed by atoms with E-state index < -0.39 is 12.1 Å². The highest BCUT2D eigenvalue weighted by Gasteiger charge is 2.48. The first-order valence-corrected chi connectivity index (χ1v) is 12.6. The van der Waals surface area contributed by atoms with Gasteiger partial charge in [-0.1, -0.05) is 48.5 Å². The summed E-state index contributed by atoms with van der Waals surface area (Å²) in [5, 5.41) is 1.09. The number of ether oxygens (including phenoxy) is 2. The van der Waals surface area contributed by atoms with Crippen LogP contribution in [0.4, 0.5) is 0 Å². The number of nitrogens with one attached hydrogen (secondary N) is 1. The molecule has 37 heavy (non-hydrogen) atoms. The molecule has 2 aliphatic rings. The Morgan fingerprint density at radius 1 is 0.973 bits per heavy atom. The van der Waals surface area contributed by atoms with Crippen molar-refractivity contribution in [1.29, 1.82) is 0 Å². The summed E-state index contributed by atoms with van der Waals surface area (Å²) in [4.78, 5) is 34.8. The van der Waals surface area contributed by atoms with Gasteiger partial charge in [-0.05, 0) is 42.3 Å². The number of carbonyl (C=O) groups is 2. The molecule has 7 heteroatoms. The second-order valence-corrected chi connectivity index (χ2v) is 9.50. The number of nitrogens with zero attached hydrogens (tertiary/aromatic N) is 2. The molecular weight excluding hydrogens is 466 g/mol. The summed E-state index contributed by atoms with van der Waals surface area (Å²) in [5.74, 6) is 1.37. The number of amides is 2. The molecule has 0 spiro atoms. The fourth-order valence-corrected chi connectivity index (χ4v) is 5.73. The lowest BCUT2D eigenvalue weighted by Gasteiger charge is -2.47. The van der Waals surface area contributed by atoms with E-state index in [1.54, 1.807) is 16.9 Å². The fraction of sp³-hybridized carbons (Fsp3) is 0.267. The molecule has 4 aromatic rings. The van der Waals surface area contributed by atoms with Crippen molar-refractivity contribution < 1.29 is 19.1 Å². The zero-order valence-corrected chi connectivity index (χ0v) is 20.9. The molecule has 1 saturated heterocycles. The lowest BCUT2D eigenvalue weighted by Crippen LogP contribution is -2.62. The molecule has 2 aliphatic heterocycles. The Hall–Kier alpha value is -4.26. The smallest absolute Gasteiger partial charge is 0.246 e. The third kappa shape index (κ3) is 3.91. The Bertz CT molecular complexity index is 1480. The minimum Gasteiger partial charge on any atom is -0.497 e. The molecule has 1 N–H and O–H groups in total. The van der Waals surface area contributed by atoms with Crippen molar-refractivity contribution in [2.75, 3.05) is 20.3 Å². The summed E-state index contributed by atoms with van der Waals surface area (Å²) >= 11 is 0. The lowest BCUT2D eigenvalue weighted by atomic mass is 9.85. The first-order valence-electron chi connectivity index (χ1n) is 12.6. The van der Waals surface area contributed by atoms with Crippen LogP contribution in [0.2, 0.25) is 0 Å². The van der Waals surface area contributed by atoms with Gasteiger partial charge in [0.25, 0.3) is 0 Å². The number of rotatable bonds is 6. The second-order valence-electron chi connectivity index (χ2n) is 9.50. The SMILES string of the molecule is CCOc1ccccc1[C@H]1c2[nH]c3ccccc3c2C[C@H]2C(=O)N(Cc3ccc(OC)cc3)CC(=O)N12. The van der Waals surface area contributed by atoms with Gasteiger partial charge in [0, 0.05) is 35.1 Å². The Labute approximate surface area is 215 Å². The van der Waals surface area contributed by atoms with E-state index in [0.717, 1.165) is 44.8 Å². The molecule has 3 aromatic carbocycles. The molecule has 0 radical (unpaired) electrons. The molecule has 2 amide bonds. The Balaban J connectivity index is 1.44. The van der Waals surface area contributed by atoms with Crippen LogP contribution in [0.15, 0.2) is 72.8 Å². The maximum absolute atomic E-state index is 14.0. The van der Waals surface area contributed by atoms with E-state index in [9.17, 15) is 9.59 Å². The van der Waals surface area contributed by atoms with E-state index in [1.165, 1.54) is 0 Å². The predicted molar refractivity (Wildman–Crippen MR) is 141 cm³/mol. The summed E-state index contributed by atoms with van der Waals surface area (Å²) in [6.07, 6.45) is 0.469. The first-order chi connectivity index (χ1) is 18.1. The number of fused-ring (bicyclic) bond motifs is 4. The van der Waals surface area contributed by atoms with Crippen molar-refractivity contribution in [2.45, 2.75) is 32.0 Å². The summed E-state index contributed by atoms with van der Waals surface area (Å²) in [5.41, 5.74) is 4.88. The highest BCUT2D eigenvalue weighted by Crippen LogP contribution is 2.45. The number of carbonyl (C=O) groups excluding carboxylic acids is 2. The van der Waals surface area contributed by atoms with E-state index >= 15 is 0 Å². The predicted octanol–water partition coefficient (Wildman–Crippen LogP) is 4.46. The summed E-state index contributed by atoms with van der Waals surface area (Å²) < 4.78 is 11.2. The van der Waals surface area contributed by atoms with Crippen LogP contribution in [-0.2, 0) is 22.6 Å². The molecule has 3 heterocycles. The van der Waals surface area contributed by atoms with Crippen molar-refractivity contribution in [3.63, 3.8) is 0 Å². The Morgan fingerprint density at radius 2 is 1.73 bits per heavy atom. The number of H-pyrrole nitrogens is 1. The van der Waals surface area contributed by atoms with Crippen molar-refractivity contribution in [3.05, 3.63) is 95.2 Å². The van der Waals surface area contributed by atoms with Crippen LogP contribution in [0.1, 0.15) is 35.3 Å². The number of para-hydroxylation sites is 2. The largest absolute Gasteiger partial charge is 0.497 e. The minimum absolute atomic E-state index is 0.0320. The van der Waals surface area contributed by atoms with Crippen molar-refractivity contribution in [2.24, 2.45) is 0 Å². The number of methoxy groups -OCH3 is 1. The van der Waals surface area contributed by atoms with Gasteiger partial charge < -0.3 is 24.3 Å². The van der Waals surface area contributed by atoms with Crippen LogP contribution >= 0.6 is 0 Å². The Morgan fingerprint density at radius 3 is 2.51 bits per heavy atom. The van der Waals surface area contributed by atoms with Crippen LogP contribution in [0.5, 0.6) is 11.5 Å². The quantitative estimate of drug-likeness (QED) is 0.429. The number of aromatic nitrogens is 1. The molecule has 1 aromatic heterocycles. The minimum atomic E-state index is -0.592. The fourth-order valence-electron chi connectivity index (χ4n) is 5.73. The molecule has 7 nitrogen and oxygen atoms in total. The van der Waals surface area contributed by atoms with Gasteiger partial charge in [-0.25, -0.2) is 0 Å². The van der Waals surface area contributed by atoms with Gasteiger partial charge in [0.15, 0.2) is 0 Å². The van der Waals surface area contributed by atoms with Crippen molar-refractivity contribution in [1.82, 2.24) is 14.8 Å². The average molecular weight is 496 g/mol. The normalized spacial score (nSPS) is 19.1. The van der Waals surface area contributed by atoms with Crippen LogP contribution < -0.4 is 9.47 Å². The van der Waals surface area contributed by atoms with Gasteiger partial charge in [-0.2, -0.15) is 0 Å². The van der Waals surface area contributed by atoms with Crippen LogP contribution in [0.3, 0.4) is 0 Å². The van der Waals surface area contributed by atoms with E-state index in [-0.39, 0.29) is 18.4 Å². The van der Waals surface area contributed by atoms with Gasteiger partial charge >= 0.3 is 0 Å². The number of aromatic amines is 1. The van der Waals surface area contributed by atoms with Gasteiger partial charge in [-0.15, -0.1) is 0 Å². The molecule has 188 valence electrons. The molecular formula is C30H29N3O4. The molecule has 0 aliphatic carbocycles. The summed E-state index contributed by atoms with van der Waals surface area (Å²) in [7, 11) is 1.62. The van der Waals surface area contributed by atoms with E-state index in [4.69, 9.17) is 9.47 Å². The zero-order chi connectivity index (χ0) is 25.5. The first kappa shape index (κ1) is 23.2. The van der Waals surface area contributed by atoms with Crippen molar-refractivity contribution >= 4 is 22.7 Å².